The van der Waals surface area contributed by atoms with Gasteiger partial charge in [-0.15, -0.1) is 0 Å². The molecule has 1 aliphatic rings. The monoisotopic (exact) mass is 346 g/mol. The Morgan fingerprint density at radius 1 is 1.24 bits per heavy atom. The van der Waals surface area contributed by atoms with E-state index in [-0.39, 0.29) is 11.4 Å². The van der Waals surface area contributed by atoms with E-state index in [2.05, 4.69) is 46.2 Å². The molecule has 7 nitrogen and oxygen atoms in total. The number of nitrogens with one attached hydrogen (secondary N) is 1. The van der Waals surface area contributed by atoms with E-state index in [0.717, 1.165) is 31.5 Å². The lowest BCUT2D eigenvalue weighted by Gasteiger charge is -2.45. The highest BCUT2D eigenvalue weighted by Gasteiger charge is 2.35. The van der Waals surface area contributed by atoms with Gasteiger partial charge in [0.2, 0.25) is 11.9 Å². The number of anilines is 1. The maximum atomic E-state index is 12.2. The lowest BCUT2D eigenvalue weighted by molar-refractivity contribution is -0.117. The second kappa shape index (κ2) is 8.40. The molecule has 2 rings (SSSR count). The lowest BCUT2D eigenvalue weighted by Crippen LogP contribution is -2.57. The van der Waals surface area contributed by atoms with Crippen LogP contribution in [-0.4, -0.2) is 86.1 Å². The van der Waals surface area contributed by atoms with Gasteiger partial charge in [0.25, 0.3) is 0 Å². The van der Waals surface area contributed by atoms with Crippen molar-refractivity contribution < 1.29 is 4.79 Å². The molecule has 25 heavy (non-hydrogen) atoms. The van der Waals surface area contributed by atoms with Gasteiger partial charge in [-0.25, -0.2) is 9.97 Å². The predicted octanol–water partition coefficient (Wildman–Crippen LogP) is 0.698. The molecule has 1 N–H and O–H groups in total. The van der Waals surface area contributed by atoms with Crippen molar-refractivity contribution in [2.24, 2.45) is 0 Å². The zero-order chi connectivity index (χ0) is 18.4. The molecule has 1 aliphatic heterocycles. The molecule has 7 heteroatoms. The van der Waals surface area contributed by atoms with Crippen LogP contribution in [-0.2, 0) is 4.79 Å². The van der Waals surface area contributed by atoms with Crippen LogP contribution >= 0.6 is 0 Å². The maximum Gasteiger partial charge on any atom is 0.244 e. The molecule has 1 amide bonds. The summed E-state index contributed by atoms with van der Waals surface area (Å²) in [7, 11) is 10.1. The summed E-state index contributed by atoms with van der Waals surface area (Å²) in [6.45, 7) is 2.77. The predicted molar refractivity (Wildman–Crippen MR) is 102 cm³/mol. The first-order valence-electron chi connectivity index (χ1n) is 8.64. The molecule has 138 valence electrons. The smallest absolute Gasteiger partial charge is 0.244 e. The van der Waals surface area contributed by atoms with Gasteiger partial charge in [-0.05, 0) is 53.2 Å². The van der Waals surface area contributed by atoms with Crippen LogP contribution in [0, 0.1) is 0 Å². The second-order valence-electron chi connectivity index (χ2n) is 7.18. The first-order valence-corrected chi connectivity index (χ1v) is 8.64. The number of likely N-dealkylation sites (N-methyl/N-ethyl adjacent to an activating group) is 1. The quantitative estimate of drug-likeness (QED) is 0.765. The minimum absolute atomic E-state index is 0.0342. The molecule has 0 aromatic carbocycles. The molecule has 0 radical (unpaired) electrons. The number of carbonyl (C=O) groups is 1. The van der Waals surface area contributed by atoms with Gasteiger partial charge in [0.05, 0.1) is 0 Å². The SMILES string of the molecule is CN1CCC(CNC(=O)/C=C/c2cnc(N(C)C)nc2)(N(C)C)CC1. The molecule has 2 heterocycles. The van der Waals surface area contributed by atoms with E-state index in [1.807, 2.05) is 19.0 Å². The summed E-state index contributed by atoms with van der Waals surface area (Å²) in [5.74, 6) is 0.564. The number of amides is 1. The summed E-state index contributed by atoms with van der Waals surface area (Å²) in [6, 6.07) is 0. The molecule has 1 aromatic heterocycles. The van der Waals surface area contributed by atoms with E-state index in [1.54, 1.807) is 24.5 Å². The molecule has 1 saturated heterocycles. The second-order valence-corrected chi connectivity index (χ2v) is 7.18. The highest BCUT2D eigenvalue weighted by molar-refractivity contribution is 5.91. The molecule has 0 unspecified atom stereocenters. The van der Waals surface area contributed by atoms with E-state index in [4.69, 9.17) is 0 Å². The Morgan fingerprint density at radius 3 is 2.36 bits per heavy atom. The number of carbonyl (C=O) groups excluding carboxylic acids is 1. The molecule has 1 aromatic rings. The standard InChI is InChI=1S/C18H30N6O/c1-22(2)17-19-12-15(13-20-17)6-7-16(25)21-14-18(23(3)4)8-10-24(5)11-9-18/h6-7,12-13H,8-11,14H2,1-5H3,(H,21,25)/b7-6+. The third-order valence-electron chi connectivity index (χ3n) is 4.94. The average Bonchev–Trinajstić information content (AvgIpc) is 2.60. The number of rotatable bonds is 6. The van der Waals surface area contributed by atoms with Crippen molar-refractivity contribution in [3.63, 3.8) is 0 Å². The minimum Gasteiger partial charge on any atom is -0.351 e. The van der Waals surface area contributed by atoms with Gasteiger partial charge in [-0.3, -0.25) is 4.79 Å². The van der Waals surface area contributed by atoms with Crippen LogP contribution in [0.4, 0.5) is 5.95 Å². The first kappa shape index (κ1) is 19.3. The topological polar surface area (TPSA) is 64.6 Å². The summed E-state index contributed by atoms with van der Waals surface area (Å²) in [4.78, 5) is 27.1. The Hall–Kier alpha value is -1.99. The zero-order valence-electron chi connectivity index (χ0n) is 16.0. The largest absolute Gasteiger partial charge is 0.351 e. The van der Waals surface area contributed by atoms with Crippen molar-refractivity contribution in [3.8, 4) is 0 Å². The highest BCUT2D eigenvalue weighted by atomic mass is 16.1. The Labute approximate surface area is 150 Å². The van der Waals surface area contributed by atoms with Crippen molar-refractivity contribution in [2.75, 3.05) is 59.8 Å². The molecule has 1 fully saturated rings. The molecular weight excluding hydrogens is 316 g/mol. The minimum atomic E-state index is -0.0863. The number of nitrogens with zero attached hydrogens (tertiary/aromatic N) is 5. The first-order chi connectivity index (χ1) is 11.8. The van der Waals surface area contributed by atoms with E-state index < -0.39 is 0 Å². The normalized spacial score (nSPS) is 17.8. The van der Waals surface area contributed by atoms with Gasteiger partial charge in [0.15, 0.2) is 0 Å². The Kier molecular flexibility index (Phi) is 6.50. The van der Waals surface area contributed by atoms with Crippen LogP contribution < -0.4 is 10.2 Å². The highest BCUT2D eigenvalue weighted by Crippen LogP contribution is 2.25. The van der Waals surface area contributed by atoms with E-state index in [9.17, 15) is 4.79 Å². The average molecular weight is 346 g/mol. The van der Waals surface area contributed by atoms with Crippen LogP contribution in [0.25, 0.3) is 6.08 Å². The van der Waals surface area contributed by atoms with Gasteiger partial charge in [0.1, 0.15) is 0 Å². The molecule has 0 atom stereocenters. The van der Waals surface area contributed by atoms with Crippen molar-refractivity contribution in [3.05, 3.63) is 24.0 Å². The summed E-state index contributed by atoms with van der Waals surface area (Å²) in [5.41, 5.74) is 0.842. The van der Waals surface area contributed by atoms with Gasteiger partial charge >= 0.3 is 0 Å². The van der Waals surface area contributed by atoms with Crippen LogP contribution in [0.2, 0.25) is 0 Å². The molecule has 0 spiro atoms. The van der Waals surface area contributed by atoms with Crippen LogP contribution in [0.15, 0.2) is 18.5 Å². The van der Waals surface area contributed by atoms with Crippen molar-refractivity contribution >= 4 is 17.9 Å². The zero-order valence-corrected chi connectivity index (χ0v) is 16.0. The fraction of sp³-hybridized carbons (Fsp3) is 0.611. The maximum absolute atomic E-state index is 12.2. The fourth-order valence-corrected chi connectivity index (χ4v) is 2.95. The number of hydrogen-bond acceptors (Lipinski definition) is 6. The fourth-order valence-electron chi connectivity index (χ4n) is 2.95. The molecule has 0 bridgehead atoms. The number of likely N-dealkylation sites (tertiary alicyclic amines) is 1. The van der Waals surface area contributed by atoms with Crippen molar-refractivity contribution in [2.45, 2.75) is 18.4 Å². The Balaban J connectivity index is 1.90. The third-order valence-corrected chi connectivity index (χ3v) is 4.94. The van der Waals surface area contributed by atoms with E-state index >= 15 is 0 Å². The lowest BCUT2D eigenvalue weighted by atomic mass is 9.86. The van der Waals surface area contributed by atoms with Crippen LogP contribution in [0.1, 0.15) is 18.4 Å². The van der Waals surface area contributed by atoms with Crippen LogP contribution in [0.5, 0.6) is 0 Å². The van der Waals surface area contributed by atoms with Gasteiger partial charge < -0.3 is 20.0 Å². The summed E-state index contributed by atoms with van der Waals surface area (Å²) in [6.07, 6.45) is 8.83. The molecule has 0 aliphatic carbocycles. The molecular formula is C18H30N6O. The summed E-state index contributed by atoms with van der Waals surface area (Å²) < 4.78 is 0. The third kappa shape index (κ3) is 5.24. The summed E-state index contributed by atoms with van der Waals surface area (Å²) >= 11 is 0. The Bertz CT molecular complexity index is 588. The van der Waals surface area contributed by atoms with Gasteiger partial charge in [-0.2, -0.15) is 0 Å². The van der Waals surface area contributed by atoms with E-state index in [0.29, 0.717) is 12.5 Å². The van der Waals surface area contributed by atoms with Gasteiger partial charge in [0, 0.05) is 50.2 Å². The van der Waals surface area contributed by atoms with Crippen molar-refractivity contribution in [1.82, 2.24) is 25.1 Å². The number of aromatic nitrogens is 2. The van der Waals surface area contributed by atoms with Crippen LogP contribution in [0.3, 0.4) is 0 Å². The van der Waals surface area contributed by atoms with Crippen molar-refractivity contribution in [1.29, 1.82) is 0 Å². The molecule has 0 saturated carbocycles. The summed E-state index contributed by atoms with van der Waals surface area (Å²) in [5, 5.41) is 3.05. The van der Waals surface area contributed by atoms with Gasteiger partial charge in [-0.1, -0.05) is 0 Å². The Morgan fingerprint density at radius 2 is 1.84 bits per heavy atom. The number of piperidine rings is 1. The van der Waals surface area contributed by atoms with E-state index in [1.165, 1.54) is 0 Å². The number of hydrogen-bond donors (Lipinski definition) is 1.